The van der Waals surface area contributed by atoms with Gasteiger partial charge < -0.3 is 14.5 Å². The predicted molar refractivity (Wildman–Crippen MR) is 128 cm³/mol. The Labute approximate surface area is 191 Å². The number of para-hydroxylation sites is 1. The van der Waals surface area contributed by atoms with E-state index in [0.717, 1.165) is 50.3 Å². The molecule has 0 radical (unpaired) electrons. The zero-order chi connectivity index (χ0) is 22.9. The van der Waals surface area contributed by atoms with Gasteiger partial charge in [-0.3, -0.25) is 4.68 Å². The second-order valence-electron chi connectivity index (χ2n) is 8.13. The molecule has 0 aliphatic carbocycles. The molecular formula is C25H26N6O2. The van der Waals surface area contributed by atoms with Gasteiger partial charge in [0.25, 0.3) is 0 Å². The van der Waals surface area contributed by atoms with E-state index in [1.165, 1.54) is 6.39 Å². The second kappa shape index (κ2) is 8.54. The lowest BCUT2D eigenvalue weighted by Gasteiger charge is -2.15. The van der Waals surface area contributed by atoms with Crippen LogP contribution in [0.15, 0.2) is 53.4 Å². The molecule has 0 fully saturated rings. The van der Waals surface area contributed by atoms with Gasteiger partial charge in [-0.2, -0.15) is 5.10 Å². The van der Waals surface area contributed by atoms with Crippen molar-refractivity contribution >= 4 is 27.8 Å². The average Bonchev–Trinajstić information content (AvgIpc) is 3.43. The Balaban J connectivity index is 1.65. The molecule has 168 valence electrons. The third-order valence-corrected chi connectivity index (χ3v) is 5.55. The van der Waals surface area contributed by atoms with Crippen LogP contribution in [0, 0.1) is 6.92 Å². The summed E-state index contributed by atoms with van der Waals surface area (Å²) in [6.07, 6.45) is 3.21. The van der Waals surface area contributed by atoms with Gasteiger partial charge in [0.1, 0.15) is 16.6 Å². The van der Waals surface area contributed by atoms with Crippen molar-refractivity contribution in [2.75, 3.05) is 11.9 Å². The first kappa shape index (κ1) is 20.9. The summed E-state index contributed by atoms with van der Waals surface area (Å²) in [5, 5.41) is 8.39. The Hall–Kier alpha value is -3.94. The van der Waals surface area contributed by atoms with Crippen LogP contribution in [0.25, 0.3) is 33.4 Å². The number of anilines is 1. The number of oxazole rings is 1. The molecule has 0 aliphatic heterocycles. The Morgan fingerprint density at radius 2 is 2.00 bits per heavy atom. The molecule has 0 saturated heterocycles. The van der Waals surface area contributed by atoms with E-state index < -0.39 is 0 Å². The topological polar surface area (TPSA) is 90.9 Å². The molecule has 8 nitrogen and oxygen atoms in total. The summed E-state index contributed by atoms with van der Waals surface area (Å²) in [6, 6.07) is 12.1. The molecule has 1 aromatic carbocycles. The number of nitrogens with one attached hydrogen (secondary N) is 1. The van der Waals surface area contributed by atoms with E-state index in [1.54, 1.807) is 6.20 Å². The molecule has 0 saturated carbocycles. The van der Waals surface area contributed by atoms with Crippen molar-refractivity contribution in [2.45, 2.75) is 40.3 Å². The maximum atomic E-state index is 5.77. The zero-order valence-electron chi connectivity index (χ0n) is 19.2. The molecule has 33 heavy (non-hydrogen) atoms. The number of nitrogens with zero attached hydrogens (tertiary/aromatic N) is 5. The lowest BCUT2D eigenvalue weighted by Crippen LogP contribution is -2.07. The van der Waals surface area contributed by atoms with Crippen molar-refractivity contribution in [3.63, 3.8) is 0 Å². The average molecular weight is 443 g/mol. The van der Waals surface area contributed by atoms with E-state index in [0.29, 0.717) is 19.0 Å². The van der Waals surface area contributed by atoms with Gasteiger partial charge in [-0.25, -0.2) is 15.0 Å². The molecule has 5 rings (SSSR count). The van der Waals surface area contributed by atoms with Crippen LogP contribution in [-0.2, 0) is 6.54 Å². The Kier molecular flexibility index (Phi) is 5.42. The van der Waals surface area contributed by atoms with Crippen LogP contribution in [0.4, 0.5) is 5.69 Å². The van der Waals surface area contributed by atoms with Crippen molar-refractivity contribution in [1.82, 2.24) is 24.7 Å². The molecule has 0 unspecified atom stereocenters. The summed E-state index contributed by atoms with van der Waals surface area (Å²) in [7, 11) is 0. The smallest absolute Gasteiger partial charge is 0.222 e. The number of ether oxygens (including phenoxy) is 1. The maximum Gasteiger partial charge on any atom is 0.222 e. The number of pyridine rings is 2. The van der Waals surface area contributed by atoms with E-state index in [1.807, 2.05) is 48.9 Å². The van der Waals surface area contributed by atoms with Gasteiger partial charge in [-0.15, -0.1) is 0 Å². The molecule has 0 aliphatic rings. The minimum Gasteiger partial charge on any atom is -0.477 e. The van der Waals surface area contributed by atoms with Crippen LogP contribution in [0.1, 0.15) is 38.1 Å². The first-order chi connectivity index (χ1) is 16.1. The van der Waals surface area contributed by atoms with Crippen LogP contribution in [0.2, 0.25) is 0 Å². The first-order valence-electron chi connectivity index (χ1n) is 11.1. The third kappa shape index (κ3) is 3.77. The van der Waals surface area contributed by atoms with Crippen LogP contribution in [-0.4, -0.2) is 31.3 Å². The molecule has 5 aromatic rings. The van der Waals surface area contributed by atoms with E-state index in [9.17, 15) is 0 Å². The highest BCUT2D eigenvalue weighted by molar-refractivity contribution is 5.93. The largest absolute Gasteiger partial charge is 0.477 e. The number of hydrogen-bond donors (Lipinski definition) is 1. The van der Waals surface area contributed by atoms with Crippen molar-refractivity contribution in [2.24, 2.45) is 0 Å². The van der Waals surface area contributed by atoms with Gasteiger partial charge in [0.05, 0.1) is 29.2 Å². The lowest BCUT2D eigenvalue weighted by atomic mass is 10.1. The van der Waals surface area contributed by atoms with Crippen molar-refractivity contribution in [1.29, 1.82) is 0 Å². The van der Waals surface area contributed by atoms with Crippen molar-refractivity contribution < 1.29 is 9.15 Å². The number of hydrogen-bond acceptors (Lipinski definition) is 7. The number of aryl methyl sites for hydroxylation is 1. The Morgan fingerprint density at radius 1 is 1.12 bits per heavy atom. The highest BCUT2D eigenvalue weighted by Gasteiger charge is 2.19. The molecule has 1 N–H and O–H groups in total. The molecule has 0 spiro atoms. The number of rotatable bonds is 7. The van der Waals surface area contributed by atoms with Crippen LogP contribution in [0.3, 0.4) is 0 Å². The van der Waals surface area contributed by atoms with Crippen LogP contribution < -0.4 is 10.1 Å². The lowest BCUT2D eigenvalue weighted by molar-refractivity contribution is 0.328. The monoisotopic (exact) mass is 442 g/mol. The minimum absolute atomic E-state index is 0.186. The Morgan fingerprint density at radius 3 is 2.82 bits per heavy atom. The van der Waals surface area contributed by atoms with Gasteiger partial charge in [0.2, 0.25) is 5.88 Å². The zero-order valence-corrected chi connectivity index (χ0v) is 19.2. The molecule has 0 bridgehead atoms. The Bertz CT molecular complexity index is 1440. The fraction of sp³-hybridized carbons (Fsp3) is 0.280. The second-order valence-corrected chi connectivity index (χ2v) is 8.13. The predicted octanol–water partition coefficient (Wildman–Crippen LogP) is 5.53. The summed E-state index contributed by atoms with van der Waals surface area (Å²) in [6.45, 7) is 9.29. The van der Waals surface area contributed by atoms with Crippen molar-refractivity contribution in [3.8, 4) is 17.1 Å². The van der Waals surface area contributed by atoms with Gasteiger partial charge in [0, 0.05) is 24.3 Å². The van der Waals surface area contributed by atoms with E-state index in [4.69, 9.17) is 19.2 Å². The normalized spacial score (nSPS) is 11.5. The summed E-state index contributed by atoms with van der Waals surface area (Å²) in [4.78, 5) is 13.8. The number of benzene rings is 1. The van der Waals surface area contributed by atoms with Gasteiger partial charge in [0.15, 0.2) is 12.0 Å². The standard InChI is InChI=1S/C25H26N6O2/c1-5-32-25-18(9-7-11-26-25)19-12-20(24-22(29-19)16(4)30-31(24)15(2)3)27-13-17-8-6-10-21-23(17)28-14-33-21/h6-12,14-15H,5,13H2,1-4H3,(H,27,29). The van der Waals surface area contributed by atoms with Gasteiger partial charge in [-0.05, 0) is 52.0 Å². The van der Waals surface area contributed by atoms with Crippen LogP contribution >= 0.6 is 0 Å². The molecule has 4 aromatic heterocycles. The highest BCUT2D eigenvalue weighted by Crippen LogP contribution is 2.35. The summed E-state index contributed by atoms with van der Waals surface area (Å²) in [5.74, 6) is 0.569. The third-order valence-electron chi connectivity index (χ3n) is 5.55. The number of aromatic nitrogens is 5. The van der Waals surface area contributed by atoms with Crippen molar-refractivity contribution in [3.05, 3.63) is 60.2 Å². The summed E-state index contributed by atoms with van der Waals surface area (Å²) >= 11 is 0. The summed E-state index contributed by atoms with van der Waals surface area (Å²) in [5.41, 5.74) is 7.96. The molecule has 0 amide bonds. The molecule has 4 heterocycles. The number of fused-ring (bicyclic) bond motifs is 2. The minimum atomic E-state index is 0.186. The van der Waals surface area contributed by atoms with Gasteiger partial charge >= 0.3 is 0 Å². The fourth-order valence-electron chi connectivity index (χ4n) is 4.04. The van der Waals surface area contributed by atoms with E-state index >= 15 is 0 Å². The SMILES string of the molecule is CCOc1ncccc1-c1cc(NCc2cccc3ocnc23)c2c(n1)c(C)nn2C(C)C. The quantitative estimate of drug-likeness (QED) is 0.354. The van der Waals surface area contributed by atoms with Crippen LogP contribution in [0.5, 0.6) is 5.88 Å². The first-order valence-corrected chi connectivity index (χ1v) is 11.1. The summed E-state index contributed by atoms with van der Waals surface area (Å²) < 4.78 is 13.3. The van der Waals surface area contributed by atoms with Gasteiger partial charge in [-0.1, -0.05) is 12.1 Å². The fourth-order valence-corrected chi connectivity index (χ4v) is 4.04. The molecule has 8 heteroatoms. The van der Waals surface area contributed by atoms with E-state index in [-0.39, 0.29) is 6.04 Å². The highest BCUT2D eigenvalue weighted by atomic mass is 16.5. The molecule has 0 atom stereocenters. The maximum absolute atomic E-state index is 5.77. The molecular weight excluding hydrogens is 416 g/mol. The van der Waals surface area contributed by atoms with E-state index in [2.05, 4.69) is 35.2 Å².